The first kappa shape index (κ1) is 13.2. The van der Waals surface area contributed by atoms with Crippen LogP contribution in [0, 0.1) is 5.92 Å². The van der Waals surface area contributed by atoms with Gasteiger partial charge in [-0.25, -0.2) is 17.1 Å². The van der Waals surface area contributed by atoms with Crippen LogP contribution in [0.25, 0.3) is 0 Å². The van der Waals surface area contributed by atoms with E-state index in [9.17, 15) is 12.8 Å². The van der Waals surface area contributed by atoms with Crippen LogP contribution >= 0.6 is 0 Å². The zero-order chi connectivity index (χ0) is 12.5. The van der Waals surface area contributed by atoms with Gasteiger partial charge in [0, 0.05) is 19.6 Å². The molecule has 2 aliphatic rings. The summed E-state index contributed by atoms with van der Waals surface area (Å²) in [6.45, 7) is 2.23. The summed E-state index contributed by atoms with van der Waals surface area (Å²) >= 11 is 0. The highest BCUT2D eigenvalue weighted by molar-refractivity contribution is 7.88. The van der Waals surface area contributed by atoms with Gasteiger partial charge in [0.25, 0.3) is 0 Å². The number of alkyl halides is 1. The Kier molecular flexibility index (Phi) is 3.75. The highest BCUT2D eigenvalue weighted by Gasteiger charge is 2.38. The van der Waals surface area contributed by atoms with Crippen LogP contribution in [0.3, 0.4) is 0 Å². The van der Waals surface area contributed by atoms with Crippen LogP contribution in [0.2, 0.25) is 0 Å². The molecule has 0 saturated carbocycles. The number of piperidine rings is 1. The number of rotatable bonds is 3. The quantitative estimate of drug-likeness (QED) is 0.818. The second-order valence-corrected chi connectivity index (χ2v) is 7.39. The van der Waals surface area contributed by atoms with Gasteiger partial charge in [-0.05, 0) is 38.1 Å². The summed E-state index contributed by atoms with van der Waals surface area (Å²) in [6, 6.07) is 0. The largest absolute Gasteiger partial charge is 0.313 e. The Balaban J connectivity index is 1.94. The minimum absolute atomic E-state index is 0.170. The van der Waals surface area contributed by atoms with Crippen molar-refractivity contribution >= 4 is 10.0 Å². The third-order valence-corrected chi connectivity index (χ3v) is 5.07. The van der Waals surface area contributed by atoms with Crippen LogP contribution in [-0.4, -0.2) is 50.8 Å². The summed E-state index contributed by atoms with van der Waals surface area (Å²) < 4.78 is 38.7. The fourth-order valence-corrected chi connectivity index (χ4v) is 3.84. The van der Waals surface area contributed by atoms with E-state index in [-0.39, 0.29) is 5.92 Å². The lowest BCUT2D eigenvalue weighted by atomic mass is 9.86. The van der Waals surface area contributed by atoms with Crippen LogP contribution in [-0.2, 0) is 10.0 Å². The number of nitrogens with one attached hydrogen (secondary N) is 1. The Hall–Kier alpha value is -0.200. The van der Waals surface area contributed by atoms with Crippen molar-refractivity contribution in [2.75, 3.05) is 32.4 Å². The molecule has 0 aromatic rings. The Bertz CT molecular complexity index is 366. The van der Waals surface area contributed by atoms with Gasteiger partial charge in [0.1, 0.15) is 5.67 Å². The lowest BCUT2D eigenvalue weighted by Gasteiger charge is -2.33. The van der Waals surface area contributed by atoms with E-state index in [0.717, 1.165) is 19.4 Å². The molecule has 2 rings (SSSR count). The van der Waals surface area contributed by atoms with E-state index in [4.69, 9.17) is 0 Å². The number of hydrogen-bond donors (Lipinski definition) is 1. The fourth-order valence-electron chi connectivity index (χ4n) is 2.90. The molecule has 2 aliphatic heterocycles. The van der Waals surface area contributed by atoms with Gasteiger partial charge >= 0.3 is 0 Å². The first-order valence-electron chi connectivity index (χ1n) is 6.24. The van der Waals surface area contributed by atoms with Crippen LogP contribution in [0.4, 0.5) is 4.39 Å². The molecule has 0 spiro atoms. The number of sulfonamides is 1. The fraction of sp³-hybridized carbons (Fsp3) is 1.00. The predicted octanol–water partition coefficient (Wildman–Crippen LogP) is 0.750. The molecular formula is C11H21FN2O2S. The Labute approximate surface area is 103 Å². The molecule has 100 valence electrons. The lowest BCUT2D eigenvalue weighted by molar-refractivity contribution is 0.121. The maximum absolute atomic E-state index is 14.3. The smallest absolute Gasteiger partial charge is 0.211 e. The van der Waals surface area contributed by atoms with Gasteiger partial charge in [0.15, 0.2) is 0 Å². The molecule has 0 aromatic carbocycles. The second kappa shape index (κ2) is 4.82. The number of halogens is 1. The van der Waals surface area contributed by atoms with E-state index in [1.165, 1.54) is 10.6 Å². The van der Waals surface area contributed by atoms with Gasteiger partial charge in [-0.2, -0.15) is 0 Å². The van der Waals surface area contributed by atoms with E-state index in [1.807, 2.05) is 0 Å². The lowest BCUT2D eigenvalue weighted by Crippen LogP contribution is -2.42. The summed E-state index contributed by atoms with van der Waals surface area (Å²) in [7, 11) is -3.12. The van der Waals surface area contributed by atoms with Crippen molar-refractivity contribution < 1.29 is 12.8 Å². The first-order chi connectivity index (χ1) is 7.89. The second-order valence-electron chi connectivity index (χ2n) is 5.41. The highest BCUT2D eigenvalue weighted by Crippen LogP contribution is 2.32. The zero-order valence-corrected chi connectivity index (χ0v) is 11.1. The molecule has 1 N–H and O–H groups in total. The van der Waals surface area contributed by atoms with E-state index in [2.05, 4.69) is 5.32 Å². The molecule has 0 radical (unpaired) electrons. The molecule has 0 bridgehead atoms. The SMILES string of the molecule is CS(=O)(=O)N1CCCC(CC2(F)CCNC2)C1. The molecule has 2 heterocycles. The maximum atomic E-state index is 14.3. The van der Waals surface area contributed by atoms with Crippen LogP contribution in [0.5, 0.6) is 0 Å². The van der Waals surface area contributed by atoms with E-state index >= 15 is 0 Å². The average Bonchev–Trinajstić information content (AvgIpc) is 2.64. The van der Waals surface area contributed by atoms with Crippen LogP contribution < -0.4 is 5.32 Å². The molecule has 6 heteroatoms. The van der Waals surface area contributed by atoms with Crippen molar-refractivity contribution in [3.8, 4) is 0 Å². The molecule has 17 heavy (non-hydrogen) atoms. The molecule has 0 aromatic heterocycles. The van der Waals surface area contributed by atoms with Gasteiger partial charge in [0.2, 0.25) is 10.0 Å². The minimum Gasteiger partial charge on any atom is -0.313 e. The molecule has 0 aliphatic carbocycles. The van der Waals surface area contributed by atoms with Crippen molar-refractivity contribution in [2.45, 2.75) is 31.4 Å². The molecule has 2 saturated heterocycles. The maximum Gasteiger partial charge on any atom is 0.211 e. The summed E-state index contributed by atoms with van der Waals surface area (Å²) in [5.41, 5.74) is -1.12. The van der Waals surface area contributed by atoms with Crippen molar-refractivity contribution in [1.29, 1.82) is 0 Å². The van der Waals surface area contributed by atoms with Gasteiger partial charge in [-0.3, -0.25) is 0 Å². The van der Waals surface area contributed by atoms with Crippen LogP contribution in [0.1, 0.15) is 25.7 Å². The van der Waals surface area contributed by atoms with E-state index in [0.29, 0.717) is 32.5 Å². The average molecular weight is 264 g/mol. The van der Waals surface area contributed by atoms with Gasteiger partial charge in [-0.15, -0.1) is 0 Å². The third-order valence-electron chi connectivity index (χ3n) is 3.80. The van der Waals surface area contributed by atoms with Gasteiger partial charge in [-0.1, -0.05) is 0 Å². The predicted molar refractivity (Wildman–Crippen MR) is 65.1 cm³/mol. The van der Waals surface area contributed by atoms with Gasteiger partial charge in [0.05, 0.1) is 6.26 Å². The molecule has 2 unspecified atom stereocenters. The molecule has 2 atom stereocenters. The Morgan fingerprint density at radius 1 is 1.53 bits per heavy atom. The topological polar surface area (TPSA) is 49.4 Å². The van der Waals surface area contributed by atoms with Crippen molar-refractivity contribution in [2.24, 2.45) is 5.92 Å². The van der Waals surface area contributed by atoms with E-state index in [1.54, 1.807) is 0 Å². The minimum atomic E-state index is -3.12. The number of hydrogen-bond acceptors (Lipinski definition) is 3. The zero-order valence-electron chi connectivity index (χ0n) is 10.3. The Morgan fingerprint density at radius 2 is 2.29 bits per heavy atom. The summed E-state index contributed by atoms with van der Waals surface area (Å²) in [4.78, 5) is 0. The summed E-state index contributed by atoms with van der Waals surface area (Å²) in [5.74, 6) is 0.170. The standard InChI is InChI=1S/C11H21FN2O2S/c1-17(15,16)14-6-2-3-10(8-14)7-11(12)4-5-13-9-11/h10,13H,2-9H2,1H3. The molecule has 2 fully saturated rings. The van der Waals surface area contributed by atoms with Crippen LogP contribution in [0.15, 0.2) is 0 Å². The Morgan fingerprint density at radius 3 is 2.88 bits per heavy atom. The summed E-state index contributed by atoms with van der Waals surface area (Å²) in [6.07, 6.45) is 4.07. The van der Waals surface area contributed by atoms with Gasteiger partial charge < -0.3 is 5.32 Å². The van der Waals surface area contributed by atoms with Crippen molar-refractivity contribution in [3.05, 3.63) is 0 Å². The van der Waals surface area contributed by atoms with Crippen molar-refractivity contribution in [3.63, 3.8) is 0 Å². The molecular weight excluding hydrogens is 243 g/mol. The third kappa shape index (κ3) is 3.39. The summed E-state index contributed by atoms with van der Waals surface area (Å²) in [5, 5.41) is 3.04. The normalized spacial score (nSPS) is 36.2. The first-order valence-corrected chi connectivity index (χ1v) is 8.09. The highest BCUT2D eigenvalue weighted by atomic mass is 32.2. The molecule has 0 amide bonds. The number of nitrogens with zero attached hydrogens (tertiary/aromatic N) is 1. The van der Waals surface area contributed by atoms with Crippen molar-refractivity contribution in [1.82, 2.24) is 9.62 Å². The van der Waals surface area contributed by atoms with E-state index < -0.39 is 15.7 Å². The molecule has 4 nitrogen and oxygen atoms in total. The monoisotopic (exact) mass is 264 g/mol.